The highest BCUT2D eigenvalue weighted by atomic mass is 19.2. The number of ether oxygens (including phenoxy) is 1. The molecule has 0 bridgehead atoms. The molecule has 0 amide bonds. The van der Waals surface area contributed by atoms with Crippen LogP contribution in [0.25, 0.3) is 0 Å². The summed E-state index contributed by atoms with van der Waals surface area (Å²) >= 11 is 0. The van der Waals surface area contributed by atoms with E-state index in [2.05, 4.69) is 12.2 Å². The molecule has 1 unspecified atom stereocenters. The highest BCUT2D eigenvalue weighted by Gasteiger charge is 2.13. The molecular weight excluding hydrogens is 236 g/mol. The van der Waals surface area contributed by atoms with Gasteiger partial charge in [0.25, 0.3) is 0 Å². The highest BCUT2D eigenvalue weighted by Crippen LogP contribution is 2.14. The molecule has 1 aromatic carbocycles. The third-order valence-electron chi connectivity index (χ3n) is 2.85. The summed E-state index contributed by atoms with van der Waals surface area (Å²) in [5.74, 6) is -1.52. The van der Waals surface area contributed by atoms with Gasteiger partial charge in [0.1, 0.15) is 0 Å². The van der Waals surface area contributed by atoms with Crippen LogP contribution in [0.15, 0.2) is 18.2 Å². The first kappa shape index (κ1) is 15.1. The fraction of sp³-hybridized carbons (Fsp3) is 0.571. The number of hydrogen-bond acceptors (Lipinski definition) is 2. The third kappa shape index (κ3) is 4.70. The quantitative estimate of drug-likeness (QED) is 0.773. The number of benzene rings is 1. The van der Waals surface area contributed by atoms with Crippen LogP contribution in [0, 0.1) is 11.6 Å². The van der Waals surface area contributed by atoms with Gasteiger partial charge in [0.15, 0.2) is 11.6 Å². The van der Waals surface area contributed by atoms with Crippen LogP contribution in [0.5, 0.6) is 0 Å². The van der Waals surface area contributed by atoms with Crippen molar-refractivity contribution in [3.63, 3.8) is 0 Å². The normalized spacial score (nSPS) is 12.7. The molecule has 18 heavy (non-hydrogen) atoms. The predicted octanol–water partition coefficient (Wildman–Crippen LogP) is 2.91. The Labute approximate surface area is 107 Å². The van der Waals surface area contributed by atoms with Crippen LogP contribution in [-0.4, -0.2) is 26.3 Å². The monoisotopic (exact) mass is 257 g/mol. The predicted molar refractivity (Wildman–Crippen MR) is 68.6 cm³/mol. The standard InChI is InChI=1S/C14H21F2NO/c1-3-8-17-12(7-9-18-2)10-11-5-4-6-13(15)14(11)16/h4-6,12,17H,3,7-10H2,1-2H3. The second-order valence-corrected chi connectivity index (χ2v) is 4.35. The van der Waals surface area contributed by atoms with Crippen LogP contribution in [0.1, 0.15) is 25.3 Å². The Morgan fingerprint density at radius 2 is 2.11 bits per heavy atom. The van der Waals surface area contributed by atoms with E-state index >= 15 is 0 Å². The van der Waals surface area contributed by atoms with Gasteiger partial charge in [-0.2, -0.15) is 0 Å². The maximum Gasteiger partial charge on any atom is 0.162 e. The van der Waals surface area contributed by atoms with Crippen LogP contribution in [0.4, 0.5) is 8.78 Å². The smallest absolute Gasteiger partial charge is 0.162 e. The zero-order valence-electron chi connectivity index (χ0n) is 11.0. The summed E-state index contributed by atoms with van der Waals surface area (Å²) < 4.78 is 31.7. The maximum absolute atomic E-state index is 13.6. The summed E-state index contributed by atoms with van der Waals surface area (Å²) in [6, 6.07) is 4.43. The van der Waals surface area contributed by atoms with Gasteiger partial charge in [-0.15, -0.1) is 0 Å². The van der Waals surface area contributed by atoms with Crippen molar-refractivity contribution in [2.45, 2.75) is 32.2 Å². The van der Waals surface area contributed by atoms with Crippen molar-refractivity contribution in [3.05, 3.63) is 35.4 Å². The van der Waals surface area contributed by atoms with E-state index in [1.54, 1.807) is 19.2 Å². The summed E-state index contributed by atoms with van der Waals surface area (Å²) in [4.78, 5) is 0. The molecule has 0 saturated heterocycles. The summed E-state index contributed by atoms with van der Waals surface area (Å²) in [7, 11) is 1.64. The Kier molecular flexibility index (Phi) is 6.83. The average molecular weight is 257 g/mol. The van der Waals surface area contributed by atoms with Crippen molar-refractivity contribution < 1.29 is 13.5 Å². The fourth-order valence-corrected chi connectivity index (χ4v) is 1.86. The van der Waals surface area contributed by atoms with Gasteiger partial charge in [-0.1, -0.05) is 19.1 Å². The van der Waals surface area contributed by atoms with Crippen LogP contribution in [-0.2, 0) is 11.2 Å². The van der Waals surface area contributed by atoms with Gasteiger partial charge in [-0.25, -0.2) is 8.78 Å². The summed E-state index contributed by atoms with van der Waals surface area (Å²) in [6.45, 7) is 3.55. The minimum absolute atomic E-state index is 0.112. The van der Waals surface area contributed by atoms with Crippen molar-refractivity contribution in [1.82, 2.24) is 5.32 Å². The van der Waals surface area contributed by atoms with Crippen LogP contribution >= 0.6 is 0 Å². The zero-order chi connectivity index (χ0) is 13.4. The van der Waals surface area contributed by atoms with Gasteiger partial charge in [-0.3, -0.25) is 0 Å². The van der Waals surface area contributed by atoms with Gasteiger partial charge in [0.05, 0.1) is 0 Å². The molecule has 0 aliphatic carbocycles. The average Bonchev–Trinajstić information content (AvgIpc) is 2.38. The Morgan fingerprint density at radius 1 is 1.33 bits per heavy atom. The molecule has 0 aliphatic rings. The summed E-state index contributed by atoms with van der Waals surface area (Å²) in [6.07, 6.45) is 2.27. The molecule has 0 saturated carbocycles. The lowest BCUT2D eigenvalue weighted by molar-refractivity contribution is 0.182. The molecular formula is C14H21F2NO. The van der Waals surface area contributed by atoms with Crippen LogP contribution < -0.4 is 5.32 Å². The largest absolute Gasteiger partial charge is 0.385 e. The molecule has 102 valence electrons. The Hall–Kier alpha value is -1.00. The van der Waals surface area contributed by atoms with Gasteiger partial charge in [0, 0.05) is 19.8 Å². The fourth-order valence-electron chi connectivity index (χ4n) is 1.86. The van der Waals surface area contributed by atoms with E-state index in [4.69, 9.17) is 4.74 Å². The molecule has 0 spiro atoms. The molecule has 1 atom stereocenters. The van der Waals surface area contributed by atoms with E-state index in [0.29, 0.717) is 18.6 Å². The molecule has 0 aliphatic heterocycles. The van der Waals surface area contributed by atoms with Gasteiger partial charge < -0.3 is 10.1 Å². The SMILES string of the molecule is CCCNC(CCOC)Cc1cccc(F)c1F. The number of methoxy groups -OCH3 is 1. The van der Waals surface area contributed by atoms with Crippen molar-refractivity contribution >= 4 is 0 Å². The lowest BCUT2D eigenvalue weighted by Crippen LogP contribution is -2.33. The third-order valence-corrected chi connectivity index (χ3v) is 2.85. The van der Waals surface area contributed by atoms with Gasteiger partial charge in [0.2, 0.25) is 0 Å². The van der Waals surface area contributed by atoms with E-state index in [-0.39, 0.29) is 6.04 Å². The molecule has 1 rings (SSSR count). The number of hydrogen-bond donors (Lipinski definition) is 1. The van der Waals surface area contributed by atoms with Crippen molar-refractivity contribution in [2.24, 2.45) is 0 Å². The van der Waals surface area contributed by atoms with E-state index in [1.165, 1.54) is 0 Å². The Morgan fingerprint density at radius 3 is 2.78 bits per heavy atom. The lowest BCUT2D eigenvalue weighted by Gasteiger charge is -2.18. The first-order valence-corrected chi connectivity index (χ1v) is 6.34. The first-order chi connectivity index (χ1) is 8.69. The number of halogens is 2. The molecule has 1 N–H and O–H groups in total. The second-order valence-electron chi connectivity index (χ2n) is 4.35. The van der Waals surface area contributed by atoms with Crippen LogP contribution in [0.3, 0.4) is 0 Å². The topological polar surface area (TPSA) is 21.3 Å². The number of nitrogens with one attached hydrogen (secondary N) is 1. The second kappa shape index (κ2) is 8.16. The minimum Gasteiger partial charge on any atom is -0.385 e. The minimum atomic E-state index is -0.784. The van der Waals surface area contributed by atoms with Gasteiger partial charge in [-0.05, 0) is 37.4 Å². The van der Waals surface area contributed by atoms with E-state index in [1.807, 2.05) is 0 Å². The Balaban J connectivity index is 2.65. The maximum atomic E-state index is 13.6. The molecule has 4 heteroatoms. The Bertz CT molecular complexity index is 350. The molecule has 0 aromatic heterocycles. The number of rotatable bonds is 8. The zero-order valence-corrected chi connectivity index (χ0v) is 11.0. The molecule has 0 radical (unpaired) electrons. The van der Waals surface area contributed by atoms with Crippen molar-refractivity contribution in [1.29, 1.82) is 0 Å². The van der Waals surface area contributed by atoms with Crippen molar-refractivity contribution in [2.75, 3.05) is 20.3 Å². The van der Waals surface area contributed by atoms with Crippen molar-refractivity contribution in [3.8, 4) is 0 Å². The lowest BCUT2D eigenvalue weighted by atomic mass is 10.0. The first-order valence-electron chi connectivity index (χ1n) is 6.34. The van der Waals surface area contributed by atoms with E-state index < -0.39 is 11.6 Å². The molecule has 0 heterocycles. The van der Waals surface area contributed by atoms with E-state index in [0.717, 1.165) is 25.5 Å². The summed E-state index contributed by atoms with van der Waals surface area (Å²) in [5, 5.41) is 3.33. The summed E-state index contributed by atoms with van der Waals surface area (Å²) in [5.41, 5.74) is 0.416. The van der Waals surface area contributed by atoms with E-state index in [9.17, 15) is 8.78 Å². The molecule has 2 nitrogen and oxygen atoms in total. The molecule has 1 aromatic rings. The molecule has 0 fully saturated rings. The highest BCUT2D eigenvalue weighted by molar-refractivity contribution is 5.20. The van der Waals surface area contributed by atoms with Gasteiger partial charge >= 0.3 is 0 Å². The van der Waals surface area contributed by atoms with Crippen LogP contribution in [0.2, 0.25) is 0 Å².